The van der Waals surface area contributed by atoms with E-state index in [1.54, 1.807) is 18.2 Å². The van der Waals surface area contributed by atoms with Crippen LogP contribution < -0.4 is 15.5 Å². The number of phenolic OH excluding ortho intramolecular Hbond substituents is 2. The number of nitrogens with one attached hydrogen (secondary N) is 2. The van der Waals surface area contributed by atoms with Crippen LogP contribution in [-0.4, -0.2) is 52.3 Å². The van der Waals surface area contributed by atoms with Crippen molar-refractivity contribution in [1.29, 1.82) is 0 Å². The number of aryl methyl sites for hydroxylation is 1. The van der Waals surface area contributed by atoms with Gasteiger partial charge in [0.25, 0.3) is 5.69 Å². The maximum atomic E-state index is 12.7. The summed E-state index contributed by atoms with van der Waals surface area (Å²) in [5.74, 6) is -0.341. The zero-order valence-electron chi connectivity index (χ0n) is 19.9. The van der Waals surface area contributed by atoms with Crippen molar-refractivity contribution in [2.45, 2.75) is 69.5 Å². The Balaban J connectivity index is 1.30. The normalized spacial score (nSPS) is 22.5. The van der Waals surface area contributed by atoms with Crippen molar-refractivity contribution in [2.24, 2.45) is 0 Å². The van der Waals surface area contributed by atoms with Crippen LogP contribution in [0, 0.1) is 10.1 Å². The van der Waals surface area contributed by atoms with Gasteiger partial charge in [0, 0.05) is 55.5 Å². The van der Waals surface area contributed by atoms with Crippen LogP contribution in [0.15, 0.2) is 42.5 Å². The van der Waals surface area contributed by atoms with Gasteiger partial charge in [0.15, 0.2) is 11.5 Å². The van der Waals surface area contributed by atoms with Crippen LogP contribution in [0.5, 0.6) is 11.5 Å². The van der Waals surface area contributed by atoms with Crippen LogP contribution >= 0.6 is 0 Å². The van der Waals surface area contributed by atoms with Crippen molar-refractivity contribution in [1.82, 2.24) is 10.6 Å². The second-order valence-corrected chi connectivity index (χ2v) is 9.61. The number of carbonyl (C=O) groups excluding carboxylic acids is 1. The number of anilines is 1. The summed E-state index contributed by atoms with van der Waals surface area (Å²) in [5, 5.41) is 37.1. The summed E-state index contributed by atoms with van der Waals surface area (Å²) in [7, 11) is 0. The minimum atomic E-state index is -0.379. The molecule has 4 rings (SSSR count). The number of nitro benzene ring substituents is 1. The molecule has 1 aliphatic carbocycles. The van der Waals surface area contributed by atoms with Crippen molar-refractivity contribution in [2.75, 3.05) is 18.0 Å². The highest BCUT2D eigenvalue weighted by Gasteiger charge is 2.30. The molecule has 2 fully saturated rings. The predicted molar refractivity (Wildman–Crippen MR) is 134 cm³/mol. The van der Waals surface area contributed by atoms with E-state index in [0.717, 1.165) is 62.9 Å². The molecule has 1 aliphatic heterocycles. The molecule has 4 N–H and O–H groups in total. The topological polar surface area (TPSA) is 128 Å². The summed E-state index contributed by atoms with van der Waals surface area (Å²) >= 11 is 0. The number of non-ortho nitro benzene ring substituents is 1. The maximum Gasteiger partial charge on any atom is 0.269 e. The highest BCUT2D eigenvalue weighted by molar-refractivity contribution is 5.76. The molecule has 2 aromatic rings. The van der Waals surface area contributed by atoms with E-state index in [1.807, 2.05) is 12.1 Å². The molecular formula is C26H34N4O5. The zero-order valence-corrected chi connectivity index (χ0v) is 19.9. The molecule has 1 saturated carbocycles. The number of benzene rings is 2. The molecule has 9 nitrogen and oxygen atoms in total. The average Bonchev–Trinajstić information content (AvgIpc) is 2.86. The first kappa shape index (κ1) is 24.8. The van der Waals surface area contributed by atoms with E-state index in [4.69, 9.17) is 0 Å². The zero-order chi connectivity index (χ0) is 24.8. The predicted octanol–water partition coefficient (Wildman–Crippen LogP) is 3.62. The van der Waals surface area contributed by atoms with Crippen molar-refractivity contribution in [3.8, 4) is 11.5 Å². The van der Waals surface area contributed by atoms with Crippen LogP contribution in [0.1, 0.15) is 50.5 Å². The van der Waals surface area contributed by atoms with E-state index < -0.39 is 0 Å². The molecule has 35 heavy (non-hydrogen) atoms. The molecule has 1 amide bonds. The summed E-state index contributed by atoms with van der Waals surface area (Å²) < 4.78 is 0. The maximum absolute atomic E-state index is 12.7. The first-order valence-electron chi connectivity index (χ1n) is 12.4. The standard InChI is InChI=1S/C26H34N4O5/c31-24-13-7-18(16-25(24)32)8-14-26(33)28-23-6-2-1-5-22(23)27-19-4-3-15-29(17-19)20-9-11-21(12-10-20)30(34)35/h7,9-13,16,19,22-23,27,31-32H,1-6,8,14-15,17H2,(H,28,33)/t19?,22-,23-/m1/s1. The number of piperidine rings is 1. The largest absolute Gasteiger partial charge is 0.504 e. The van der Waals surface area contributed by atoms with E-state index in [-0.39, 0.29) is 40.1 Å². The smallest absolute Gasteiger partial charge is 0.269 e. The van der Waals surface area contributed by atoms with Gasteiger partial charge >= 0.3 is 0 Å². The van der Waals surface area contributed by atoms with Gasteiger partial charge in [-0.2, -0.15) is 0 Å². The Labute approximate surface area is 205 Å². The Kier molecular flexibility index (Phi) is 8.07. The van der Waals surface area contributed by atoms with Gasteiger partial charge in [-0.1, -0.05) is 18.9 Å². The van der Waals surface area contributed by atoms with Crippen LogP contribution in [0.4, 0.5) is 11.4 Å². The Bertz CT molecular complexity index is 1030. The highest BCUT2D eigenvalue weighted by atomic mass is 16.6. The lowest BCUT2D eigenvalue weighted by Crippen LogP contribution is -2.57. The number of amides is 1. The second-order valence-electron chi connectivity index (χ2n) is 9.61. The van der Waals surface area contributed by atoms with Gasteiger partial charge in [0.2, 0.25) is 5.91 Å². The summed E-state index contributed by atoms with van der Waals surface area (Å²) in [6, 6.07) is 12.0. The molecule has 1 heterocycles. The first-order chi connectivity index (χ1) is 16.9. The third-order valence-corrected chi connectivity index (χ3v) is 7.09. The third-order valence-electron chi connectivity index (χ3n) is 7.09. The molecular weight excluding hydrogens is 448 g/mol. The number of rotatable bonds is 8. The third kappa shape index (κ3) is 6.63. The molecule has 3 atom stereocenters. The fraction of sp³-hybridized carbons (Fsp3) is 0.500. The molecule has 1 unspecified atom stereocenters. The minimum Gasteiger partial charge on any atom is -0.504 e. The van der Waals surface area contributed by atoms with Gasteiger partial charge in [-0.25, -0.2) is 0 Å². The quantitative estimate of drug-likeness (QED) is 0.257. The molecule has 0 aromatic heterocycles. The van der Waals surface area contributed by atoms with Crippen LogP contribution in [0.3, 0.4) is 0 Å². The molecule has 0 spiro atoms. The lowest BCUT2D eigenvalue weighted by molar-refractivity contribution is -0.384. The molecule has 2 aliphatic rings. The second kappa shape index (κ2) is 11.4. The minimum absolute atomic E-state index is 0.00702. The number of nitrogens with zero attached hydrogens (tertiary/aromatic N) is 2. The summed E-state index contributed by atoms with van der Waals surface area (Å²) in [6.45, 7) is 1.76. The van der Waals surface area contributed by atoms with Crippen LogP contribution in [0.2, 0.25) is 0 Å². The van der Waals surface area contributed by atoms with E-state index in [0.29, 0.717) is 18.9 Å². The number of phenols is 2. The Hall–Kier alpha value is -3.33. The van der Waals surface area contributed by atoms with Crippen molar-refractivity contribution in [3.63, 3.8) is 0 Å². The van der Waals surface area contributed by atoms with E-state index in [1.165, 1.54) is 12.1 Å². The lowest BCUT2D eigenvalue weighted by Gasteiger charge is -2.40. The van der Waals surface area contributed by atoms with E-state index in [2.05, 4.69) is 15.5 Å². The SMILES string of the molecule is O=C(CCc1ccc(O)c(O)c1)N[C@@H]1CCCC[C@H]1NC1CCCN(c2ccc([N+](=O)[O-])cc2)C1. The summed E-state index contributed by atoms with van der Waals surface area (Å²) in [4.78, 5) is 25.5. The van der Waals surface area contributed by atoms with Crippen molar-refractivity contribution >= 4 is 17.3 Å². The molecule has 9 heteroatoms. The summed E-state index contributed by atoms with van der Waals surface area (Å²) in [6.07, 6.45) is 7.11. The van der Waals surface area contributed by atoms with E-state index in [9.17, 15) is 25.1 Å². The molecule has 0 radical (unpaired) electrons. The number of hydrogen-bond donors (Lipinski definition) is 4. The summed E-state index contributed by atoms with van der Waals surface area (Å²) in [5.41, 5.74) is 1.90. The van der Waals surface area contributed by atoms with Crippen LogP contribution in [-0.2, 0) is 11.2 Å². The molecule has 188 valence electrons. The number of carbonyl (C=O) groups is 1. The Morgan fingerprint density at radius 2 is 1.74 bits per heavy atom. The van der Waals surface area contributed by atoms with Gasteiger partial charge in [0.05, 0.1) is 4.92 Å². The van der Waals surface area contributed by atoms with Gasteiger partial charge in [0.1, 0.15) is 0 Å². The van der Waals surface area contributed by atoms with Gasteiger partial charge in [-0.05, 0) is 61.9 Å². The fourth-order valence-electron chi connectivity index (χ4n) is 5.20. The van der Waals surface area contributed by atoms with Gasteiger partial charge in [-0.15, -0.1) is 0 Å². The van der Waals surface area contributed by atoms with Gasteiger partial charge in [-0.3, -0.25) is 14.9 Å². The molecule has 2 aromatic carbocycles. The van der Waals surface area contributed by atoms with E-state index >= 15 is 0 Å². The molecule has 0 bridgehead atoms. The Morgan fingerprint density at radius 1 is 1.00 bits per heavy atom. The number of hydrogen-bond acceptors (Lipinski definition) is 7. The lowest BCUT2D eigenvalue weighted by atomic mass is 9.88. The van der Waals surface area contributed by atoms with Crippen molar-refractivity contribution in [3.05, 3.63) is 58.1 Å². The Morgan fingerprint density at radius 3 is 2.46 bits per heavy atom. The average molecular weight is 483 g/mol. The number of aromatic hydroxyl groups is 2. The highest BCUT2D eigenvalue weighted by Crippen LogP contribution is 2.27. The number of nitro groups is 1. The van der Waals surface area contributed by atoms with Crippen LogP contribution in [0.25, 0.3) is 0 Å². The monoisotopic (exact) mass is 482 g/mol. The first-order valence-corrected chi connectivity index (χ1v) is 12.4. The van der Waals surface area contributed by atoms with Crippen molar-refractivity contribution < 1.29 is 19.9 Å². The molecule has 1 saturated heterocycles. The van der Waals surface area contributed by atoms with Gasteiger partial charge < -0.3 is 25.7 Å². The fourth-order valence-corrected chi connectivity index (χ4v) is 5.20.